The predicted molar refractivity (Wildman–Crippen MR) is 84.4 cm³/mol. The molecular weight excluding hydrogens is 380 g/mol. The van der Waals surface area contributed by atoms with Crippen molar-refractivity contribution in [2.75, 3.05) is 32.7 Å². The van der Waals surface area contributed by atoms with Gasteiger partial charge in [-0.3, -0.25) is 9.69 Å². The molecule has 0 aromatic heterocycles. The van der Waals surface area contributed by atoms with Crippen LogP contribution in [0.3, 0.4) is 0 Å². The number of carbonyl (C=O) groups is 1. The average Bonchev–Trinajstić information content (AvgIpc) is 2.52. The van der Waals surface area contributed by atoms with Crippen molar-refractivity contribution in [1.29, 1.82) is 0 Å². The van der Waals surface area contributed by atoms with Crippen molar-refractivity contribution in [2.45, 2.75) is 12.7 Å². The van der Waals surface area contributed by atoms with E-state index < -0.39 is 40.2 Å². The van der Waals surface area contributed by atoms with E-state index in [9.17, 15) is 30.8 Å². The predicted octanol–water partition coefficient (Wildman–Crippen LogP) is 0.282. The minimum Gasteiger partial charge on any atom is -0.351 e. The minimum absolute atomic E-state index is 0.0962. The SMILES string of the molecule is NS(=O)(=O)N1CCN(CC(=O)NCc2ccc(F)cc2C(F)(F)F)CC1. The molecular formula is C14H18F4N4O3S. The molecule has 26 heavy (non-hydrogen) atoms. The normalized spacial score (nSPS) is 17.3. The summed E-state index contributed by atoms with van der Waals surface area (Å²) in [7, 11) is -3.78. The number of amides is 1. The summed E-state index contributed by atoms with van der Waals surface area (Å²) in [5, 5.41) is 7.37. The van der Waals surface area contributed by atoms with Crippen LogP contribution in [-0.4, -0.2) is 56.3 Å². The molecule has 1 saturated heterocycles. The molecule has 1 aromatic carbocycles. The second kappa shape index (κ2) is 7.86. The van der Waals surface area contributed by atoms with Gasteiger partial charge in [0.2, 0.25) is 5.91 Å². The van der Waals surface area contributed by atoms with E-state index in [1.807, 2.05) is 0 Å². The maximum absolute atomic E-state index is 13.1. The number of alkyl halides is 3. The lowest BCUT2D eigenvalue weighted by Gasteiger charge is -2.32. The fourth-order valence-electron chi connectivity index (χ4n) is 2.56. The summed E-state index contributed by atoms with van der Waals surface area (Å²) in [5.74, 6) is -1.54. The van der Waals surface area contributed by atoms with E-state index in [-0.39, 0.29) is 38.3 Å². The van der Waals surface area contributed by atoms with Crippen LogP contribution < -0.4 is 10.5 Å². The zero-order valence-corrected chi connectivity index (χ0v) is 14.4. The highest BCUT2D eigenvalue weighted by atomic mass is 32.2. The van der Waals surface area contributed by atoms with Crippen molar-refractivity contribution in [3.8, 4) is 0 Å². The van der Waals surface area contributed by atoms with Gasteiger partial charge in [0.1, 0.15) is 5.82 Å². The Hall–Kier alpha value is -1.76. The fourth-order valence-corrected chi connectivity index (χ4v) is 3.23. The molecule has 1 aliphatic rings. The minimum atomic E-state index is -4.73. The molecule has 1 aliphatic heterocycles. The van der Waals surface area contributed by atoms with E-state index in [0.29, 0.717) is 6.07 Å². The first-order valence-electron chi connectivity index (χ1n) is 7.59. The Labute approximate surface area is 147 Å². The number of hydrogen-bond acceptors (Lipinski definition) is 4. The first kappa shape index (κ1) is 20.6. The fraction of sp³-hybridized carbons (Fsp3) is 0.500. The smallest absolute Gasteiger partial charge is 0.351 e. The third-order valence-corrected chi connectivity index (χ3v) is 5.00. The van der Waals surface area contributed by atoms with Crippen molar-refractivity contribution in [3.05, 3.63) is 35.1 Å². The monoisotopic (exact) mass is 398 g/mol. The maximum atomic E-state index is 13.1. The lowest BCUT2D eigenvalue weighted by Crippen LogP contribution is -2.52. The van der Waals surface area contributed by atoms with Gasteiger partial charge >= 0.3 is 6.18 Å². The standard InChI is InChI=1S/C14H18F4N4O3S/c15-11-2-1-10(12(7-11)14(16,17)18)8-20-13(23)9-21-3-5-22(6-4-21)26(19,24)25/h1-2,7H,3-6,8-9H2,(H,20,23)(H2,19,24,25). The molecule has 0 saturated carbocycles. The molecule has 0 bridgehead atoms. The summed E-state index contributed by atoms with van der Waals surface area (Å²) in [6.07, 6.45) is -4.73. The molecule has 0 spiro atoms. The number of nitrogens with zero attached hydrogens (tertiary/aromatic N) is 2. The van der Waals surface area contributed by atoms with Gasteiger partial charge in [0.25, 0.3) is 10.2 Å². The van der Waals surface area contributed by atoms with Gasteiger partial charge in [-0.1, -0.05) is 6.07 Å². The average molecular weight is 398 g/mol. The number of nitrogens with one attached hydrogen (secondary N) is 1. The number of piperazine rings is 1. The van der Waals surface area contributed by atoms with E-state index in [1.165, 1.54) is 0 Å². The lowest BCUT2D eigenvalue weighted by atomic mass is 10.1. The molecule has 3 N–H and O–H groups in total. The first-order valence-corrected chi connectivity index (χ1v) is 9.09. The van der Waals surface area contributed by atoms with Crippen LogP contribution in [0, 0.1) is 5.82 Å². The highest BCUT2D eigenvalue weighted by molar-refractivity contribution is 7.86. The molecule has 0 unspecified atom stereocenters. The topological polar surface area (TPSA) is 95.7 Å². The van der Waals surface area contributed by atoms with Gasteiger partial charge in [0.05, 0.1) is 12.1 Å². The number of benzene rings is 1. The molecule has 2 rings (SSSR count). The van der Waals surface area contributed by atoms with Gasteiger partial charge in [-0.2, -0.15) is 25.9 Å². The molecule has 0 atom stereocenters. The summed E-state index contributed by atoms with van der Waals surface area (Å²) in [4.78, 5) is 13.6. The molecule has 1 heterocycles. The maximum Gasteiger partial charge on any atom is 0.416 e. The molecule has 0 aliphatic carbocycles. The Morgan fingerprint density at radius 1 is 1.19 bits per heavy atom. The number of halogens is 4. The molecule has 146 valence electrons. The van der Waals surface area contributed by atoms with Crippen LogP contribution in [-0.2, 0) is 27.7 Å². The van der Waals surface area contributed by atoms with E-state index in [1.54, 1.807) is 4.90 Å². The van der Waals surface area contributed by atoms with Gasteiger partial charge in [-0.25, -0.2) is 9.53 Å². The Kier molecular flexibility index (Phi) is 6.21. The number of rotatable bonds is 5. The summed E-state index contributed by atoms with van der Waals surface area (Å²) < 4.78 is 75.2. The molecule has 1 aromatic rings. The zero-order valence-electron chi connectivity index (χ0n) is 13.6. The van der Waals surface area contributed by atoms with Gasteiger partial charge in [-0.05, 0) is 17.7 Å². The third kappa shape index (κ3) is 5.62. The van der Waals surface area contributed by atoms with Gasteiger partial charge in [-0.15, -0.1) is 0 Å². The van der Waals surface area contributed by atoms with Gasteiger partial charge in [0, 0.05) is 32.7 Å². The molecule has 7 nitrogen and oxygen atoms in total. The van der Waals surface area contributed by atoms with E-state index >= 15 is 0 Å². The van der Waals surface area contributed by atoms with Crippen molar-refractivity contribution >= 4 is 16.1 Å². The quantitative estimate of drug-likeness (QED) is 0.697. The second-order valence-electron chi connectivity index (χ2n) is 5.80. The lowest BCUT2D eigenvalue weighted by molar-refractivity contribution is -0.138. The summed E-state index contributed by atoms with van der Waals surface area (Å²) in [6, 6.07) is 2.25. The molecule has 0 radical (unpaired) electrons. The van der Waals surface area contributed by atoms with Crippen LogP contribution >= 0.6 is 0 Å². The summed E-state index contributed by atoms with van der Waals surface area (Å²) >= 11 is 0. The molecule has 1 amide bonds. The van der Waals surface area contributed by atoms with Crippen molar-refractivity contribution < 1.29 is 30.8 Å². The number of nitrogens with two attached hydrogens (primary N) is 1. The Morgan fingerprint density at radius 2 is 1.81 bits per heavy atom. The van der Waals surface area contributed by atoms with Gasteiger partial charge in [0.15, 0.2) is 0 Å². The molecule has 12 heteroatoms. The molecule has 1 fully saturated rings. The highest BCUT2D eigenvalue weighted by Gasteiger charge is 2.33. The largest absolute Gasteiger partial charge is 0.416 e. The van der Waals surface area contributed by atoms with E-state index in [2.05, 4.69) is 5.32 Å². The van der Waals surface area contributed by atoms with Crippen molar-refractivity contribution in [3.63, 3.8) is 0 Å². The van der Waals surface area contributed by atoms with Crippen LogP contribution in [0.5, 0.6) is 0 Å². The van der Waals surface area contributed by atoms with Crippen LogP contribution in [0.15, 0.2) is 18.2 Å². The van der Waals surface area contributed by atoms with Gasteiger partial charge < -0.3 is 5.32 Å². The Morgan fingerprint density at radius 3 is 2.35 bits per heavy atom. The van der Waals surface area contributed by atoms with Crippen LogP contribution in [0.1, 0.15) is 11.1 Å². The van der Waals surface area contributed by atoms with E-state index in [0.717, 1.165) is 16.4 Å². The zero-order chi connectivity index (χ0) is 19.5. The number of hydrogen-bond donors (Lipinski definition) is 2. The first-order chi connectivity index (χ1) is 12.0. The third-order valence-electron chi connectivity index (χ3n) is 3.91. The van der Waals surface area contributed by atoms with E-state index in [4.69, 9.17) is 5.14 Å². The highest BCUT2D eigenvalue weighted by Crippen LogP contribution is 2.32. The van der Waals surface area contributed by atoms with Crippen molar-refractivity contribution in [1.82, 2.24) is 14.5 Å². The van der Waals surface area contributed by atoms with Crippen LogP contribution in [0.2, 0.25) is 0 Å². The number of carbonyl (C=O) groups excluding carboxylic acids is 1. The summed E-state index contributed by atoms with van der Waals surface area (Å²) in [5.41, 5.74) is -1.38. The van der Waals surface area contributed by atoms with Crippen LogP contribution in [0.25, 0.3) is 0 Å². The summed E-state index contributed by atoms with van der Waals surface area (Å²) in [6.45, 7) is 0.305. The second-order valence-corrected chi connectivity index (χ2v) is 7.34. The van der Waals surface area contributed by atoms with Crippen LogP contribution in [0.4, 0.5) is 17.6 Å². The Bertz CT molecular complexity index is 762. The Balaban J connectivity index is 1.89. The van der Waals surface area contributed by atoms with Crippen molar-refractivity contribution in [2.24, 2.45) is 5.14 Å².